The van der Waals surface area contributed by atoms with E-state index in [0.717, 1.165) is 11.3 Å². The Morgan fingerprint density at radius 2 is 2.00 bits per heavy atom. The molecule has 126 valence electrons. The van der Waals surface area contributed by atoms with Crippen molar-refractivity contribution in [2.24, 2.45) is 0 Å². The molecule has 0 atom stereocenters. The Hall–Kier alpha value is -2.99. The van der Waals surface area contributed by atoms with Crippen molar-refractivity contribution in [3.05, 3.63) is 77.0 Å². The molecular formula is C18H16ClN5O. The Morgan fingerprint density at radius 1 is 1.12 bits per heavy atom. The van der Waals surface area contributed by atoms with Gasteiger partial charge in [-0.1, -0.05) is 23.7 Å². The van der Waals surface area contributed by atoms with E-state index in [4.69, 9.17) is 11.6 Å². The van der Waals surface area contributed by atoms with Crippen molar-refractivity contribution in [2.75, 3.05) is 10.6 Å². The topological polar surface area (TPSA) is 79.8 Å². The first kappa shape index (κ1) is 16.9. The zero-order chi connectivity index (χ0) is 17.6. The summed E-state index contributed by atoms with van der Waals surface area (Å²) in [5.74, 6) is 0.232. The molecule has 2 N–H and O–H groups in total. The quantitative estimate of drug-likeness (QED) is 0.731. The molecule has 3 rings (SSSR count). The van der Waals surface area contributed by atoms with Gasteiger partial charge in [-0.15, -0.1) is 0 Å². The molecule has 0 aliphatic carbocycles. The summed E-state index contributed by atoms with van der Waals surface area (Å²) in [7, 11) is 0. The van der Waals surface area contributed by atoms with E-state index >= 15 is 0 Å². The molecule has 2 aromatic heterocycles. The third-order valence-corrected chi connectivity index (χ3v) is 3.74. The van der Waals surface area contributed by atoms with E-state index in [-0.39, 0.29) is 11.6 Å². The second-order valence-corrected chi connectivity index (χ2v) is 5.81. The first-order valence-electron chi connectivity index (χ1n) is 7.65. The summed E-state index contributed by atoms with van der Waals surface area (Å²) in [6.45, 7) is 2.42. The molecule has 3 aromatic rings. The number of nitrogens with one attached hydrogen (secondary N) is 2. The van der Waals surface area contributed by atoms with Crippen LogP contribution in [0.3, 0.4) is 0 Å². The van der Waals surface area contributed by atoms with Gasteiger partial charge in [-0.25, -0.2) is 9.97 Å². The van der Waals surface area contributed by atoms with Gasteiger partial charge in [-0.2, -0.15) is 0 Å². The van der Waals surface area contributed by atoms with E-state index in [1.165, 1.54) is 12.4 Å². The Kier molecular flexibility index (Phi) is 5.20. The summed E-state index contributed by atoms with van der Waals surface area (Å²) in [5, 5.41) is 6.45. The van der Waals surface area contributed by atoms with E-state index in [2.05, 4.69) is 25.6 Å². The first-order chi connectivity index (χ1) is 12.1. The van der Waals surface area contributed by atoms with Crippen LogP contribution in [-0.4, -0.2) is 20.9 Å². The van der Waals surface area contributed by atoms with E-state index in [0.29, 0.717) is 23.1 Å². The van der Waals surface area contributed by atoms with Gasteiger partial charge in [0, 0.05) is 16.9 Å². The standard InChI is InChI=1S/C18H16ClN5O/c1-12-5-6-13(19)8-15(12)24-18(25)16-10-23-17(11-21-16)22-9-14-4-2-3-7-20-14/h2-8,10-11H,9H2,1H3,(H,22,23)(H,24,25). The minimum absolute atomic E-state index is 0.225. The molecule has 0 saturated heterocycles. The van der Waals surface area contributed by atoms with Gasteiger partial charge in [0.15, 0.2) is 0 Å². The molecule has 0 unspecified atom stereocenters. The second-order valence-electron chi connectivity index (χ2n) is 5.37. The van der Waals surface area contributed by atoms with Crippen molar-refractivity contribution in [2.45, 2.75) is 13.5 Å². The summed E-state index contributed by atoms with van der Waals surface area (Å²) >= 11 is 5.96. The van der Waals surface area contributed by atoms with E-state index in [1.54, 1.807) is 18.3 Å². The molecule has 0 fully saturated rings. The molecule has 0 aliphatic rings. The van der Waals surface area contributed by atoms with Crippen molar-refractivity contribution in [3.63, 3.8) is 0 Å². The van der Waals surface area contributed by atoms with Gasteiger partial charge in [0.25, 0.3) is 5.91 Å². The zero-order valence-corrected chi connectivity index (χ0v) is 14.3. The highest BCUT2D eigenvalue weighted by atomic mass is 35.5. The molecule has 0 spiro atoms. The number of hydrogen-bond donors (Lipinski definition) is 2. The van der Waals surface area contributed by atoms with Crippen molar-refractivity contribution < 1.29 is 4.79 Å². The second kappa shape index (κ2) is 7.72. The number of benzene rings is 1. The van der Waals surface area contributed by atoms with E-state index in [1.807, 2.05) is 31.2 Å². The summed E-state index contributed by atoms with van der Waals surface area (Å²) in [5.41, 5.74) is 2.68. The van der Waals surface area contributed by atoms with Crippen molar-refractivity contribution in [1.82, 2.24) is 15.0 Å². The van der Waals surface area contributed by atoms with Crippen LogP contribution < -0.4 is 10.6 Å². The average molecular weight is 354 g/mol. The fraction of sp³-hybridized carbons (Fsp3) is 0.111. The molecule has 25 heavy (non-hydrogen) atoms. The van der Waals surface area contributed by atoms with Crippen LogP contribution in [0.4, 0.5) is 11.5 Å². The highest BCUT2D eigenvalue weighted by Crippen LogP contribution is 2.20. The maximum Gasteiger partial charge on any atom is 0.275 e. The fourth-order valence-corrected chi connectivity index (χ4v) is 2.31. The number of halogens is 1. The molecule has 0 radical (unpaired) electrons. The van der Waals surface area contributed by atoms with Crippen molar-refractivity contribution >= 4 is 29.0 Å². The number of nitrogens with zero attached hydrogens (tertiary/aromatic N) is 3. The third-order valence-electron chi connectivity index (χ3n) is 3.51. The minimum Gasteiger partial charge on any atom is -0.363 e. The predicted octanol–water partition coefficient (Wildman–Crippen LogP) is 3.70. The van der Waals surface area contributed by atoms with Gasteiger partial charge in [-0.3, -0.25) is 9.78 Å². The first-order valence-corrected chi connectivity index (χ1v) is 8.03. The maximum atomic E-state index is 12.3. The minimum atomic E-state index is -0.339. The largest absolute Gasteiger partial charge is 0.363 e. The summed E-state index contributed by atoms with van der Waals surface area (Å²) in [6, 6.07) is 11.0. The normalized spacial score (nSPS) is 10.3. The van der Waals surface area contributed by atoms with Crippen LogP contribution in [0.5, 0.6) is 0 Å². The lowest BCUT2D eigenvalue weighted by Gasteiger charge is -2.09. The van der Waals surface area contributed by atoms with Crippen LogP contribution in [0, 0.1) is 6.92 Å². The van der Waals surface area contributed by atoms with Gasteiger partial charge < -0.3 is 10.6 Å². The highest BCUT2D eigenvalue weighted by molar-refractivity contribution is 6.31. The zero-order valence-electron chi connectivity index (χ0n) is 13.5. The Balaban J connectivity index is 1.63. The Labute approximate surface area is 150 Å². The molecule has 1 aromatic carbocycles. The Bertz CT molecular complexity index is 868. The number of aromatic nitrogens is 3. The van der Waals surface area contributed by atoms with E-state index in [9.17, 15) is 4.79 Å². The SMILES string of the molecule is Cc1ccc(Cl)cc1NC(=O)c1cnc(NCc2ccccn2)cn1. The summed E-state index contributed by atoms with van der Waals surface area (Å²) in [6.07, 6.45) is 4.67. The third kappa shape index (κ3) is 4.51. The molecule has 7 heteroatoms. The summed E-state index contributed by atoms with van der Waals surface area (Å²) < 4.78 is 0. The van der Waals surface area contributed by atoms with Gasteiger partial charge in [0.2, 0.25) is 0 Å². The summed E-state index contributed by atoms with van der Waals surface area (Å²) in [4.78, 5) is 24.9. The molecule has 2 heterocycles. The van der Waals surface area contributed by atoms with Gasteiger partial charge in [0.05, 0.1) is 24.6 Å². The average Bonchev–Trinajstić information content (AvgIpc) is 2.64. The monoisotopic (exact) mass is 353 g/mol. The number of pyridine rings is 1. The van der Waals surface area contributed by atoms with Crippen LogP contribution >= 0.6 is 11.6 Å². The Morgan fingerprint density at radius 3 is 2.72 bits per heavy atom. The number of hydrogen-bond acceptors (Lipinski definition) is 5. The molecule has 0 bridgehead atoms. The van der Waals surface area contributed by atoms with Gasteiger partial charge >= 0.3 is 0 Å². The van der Waals surface area contributed by atoms with Crippen LogP contribution in [-0.2, 0) is 6.54 Å². The van der Waals surface area contributed by atoms with Crippen LogP contribution in [0.25, 0.3) is 0 Å². The number of carbonyl (C=O) groups excluding carboxylic acids is 1. The fourth-order valence-electron chi connectivity index (χ4n) is 2.14. The lowest BCUT2D eigenvalue weighted by atomic mass is 10.2. The molecule has 0 saturated carbocycles. The molecule has 1 amide bonds. The lowest BCUT2D eigenvalue weighted by molar-refractivity contribution is 0.102. The number of aryl methyl sites for hydroxylation is 1. The van der Waals surface area contributed by atoms with Crippen LogP contribution in [0.2, 0.25) is 5.02 Å². The van der Waals surface area contributed by atoms with Gasteiger partial charge in [0.1, 0.15) is 11.5 Å². The van der Waals surface area contributed by atoms with Crippen LogP contribution in [0.1, 0.15) is 21.7 Å². The molecule has 6 nitrogen and oxygen atoms in total. The van der Waals surface area contributed by atoms with E-state index < -0.39 is 0 Å². The van der Waals surface area contributed by atoms with Gasteiger partial charge in [-0.05, 0) is 36.8 Å². The maximum absolute atomic E-state index is 12.3. The van der Waals surface area contributed by atoms with Crippen molar-refractivity contribution in [1.29, 1.82) is 0 Å². The lowest BCUT2D eigenvalue weighted by Crippen LogP contribution is -2.15. The number of rotatable bonds is 5. The predicted molar refractivity (Wildman–Crippen MR) is 97.7 cm³/mol. The van der Waals surface area contributed by atoms with Crippen molar-refractivity contribution in [3.8, 4) is 0 Å². The smallest absolute Gasteiger partial charge is 0.275 e. The molecular weight excluding hydrogens is 338 g/mol. The highest BCUT2D eigenvalue weighted by Gasteiger charge is 2.10. The number of carbonyl (C=O) groups is 1. The number of amides is 1. The number of anilines is 2. The molecule has 0 aliphatic heterocycles. The van der Waals surface area contributed by atoms with Crippen LogP contribution in [0.15, 0.2) is 55.0 Å².